The first-order valence-electron chi connectivity index (χ1n) is 4.52. The van der Waals surface area contributed by atoms with E-state index in [2.05, 4.69) is 4.98 Å². The van der Waals surface area contributed by atoms with Crippen molar-refractivity contribution < 1.29 is 9.50 Å². The van der Waals surface area contributed by atoms with Crippen LogP contribution in [-0.4, -0.2) is 10.1 Å². The lowest BCUT2D eigenvalue weighted by Gasteiger charge is -1.99. The van der Waals surface area contributed by atoms with Crippen molar-refractivity contribution >= 4 is 11.3 Å². The number of thiazole rings is 1. The zero-order valence-corrected chi connectivity index (χ0v) is 9.01. The van der Waals surface area contributed by atoms with E-state index in [1.165, 1.54) is 23.5 Å². The van der Waals surface area contributed by atoms with E-state index in [0.717, 1.165) is 16.1 Å². The molecular weight excluding hydrogens is 213 g/mol. The van der Waals surface area contributed by atoms with Crippen molar-refractivity contribution in [1.82, 2.24) is 4.98 Å². The van der Waals surface area contributed by atoms with Gasteiger partial charge in [0.25, 0.3) is 0 Å². The number of aliphatic hydroxyl groups excluding tert-OH is 1. The first kappa shape index (κ1) is 10.3. The molecule has 0 saturated heterocycles. The molecule has 15 heavy (non-hydrogen) atoms. The van der Waals surface area contributed by atoms with Crippen LogP contribution >= 0.6 is 11.3 Å². The van der Waals surface area contributed by atoms with Crippen LogP contribution in [0.5, 0.6) is 0 Å². The minimum absolute atomic E-state index is 0.0786. The maximum atomic E-state index is 13.1. The van der Waals surface area contributed by atoms with Crippen LogP contribution in [-0.2, 0) is 6.61 Å². The second kappa shape index (κ2) is 4.08. The number of hydrogen-bond donors (Lipinski definition) is 1. The summed E-state index contributed by atoms with van der Waals surface area (Å²) in [6.45, 7) is 1.76. The lowest BCUT2D eigenvalue weighted by atomic mass is 10.1. The Morgan fingerprint density at radius 1 is 1.40 bits per heavy atom. The molecule has 0 bridgehead atoms. The van der Waals surface area contributed by atoms with Crippen molar-refractivity contribution in [3.63, 3.8) is 0 Å². The van der Waals surface area contributed by atoms with Crippen LogP contribution in [0.3, 0.4) is 0 Å². The van der Waals surface area contributed by atoms with Gasteiger partial charge in [0.1, 0.15) is 10.8 Å². The summed E-state index contributed by atoms with van der Waals surface area (Å²) in [5, 5.41) is 11.4. The minimum Gasteiger partial charge on any atom is -0.390 e. The van der Waals surface area contributed by atoms with E-state index in [9.17, 15) is 4.39 Å². The molecule has 0 aliphatic carbocycles. The summed E-state index contributed by atoms with van der Waals surface area (Å²) in [6, 6.07) is 4.81. The predicted octanol–water partition coefficient (Wildman–Crippen LogP) is 2.75. The van der Waals surface area contributed by atoms with Crippen LogP contribution in [0.4, 0.5) is 4.39 Å². The molecular formula is C11H10FNOS. The Morgan fingerprint density at radius 3 is 2.80 bits per heavy atom. The van der Waals surface area contributed by atoms with Gasteiger partial charge in [-0.1, -0.05) is 0 Å². The van der Waals surface area contributed by atoms with Crippen molar-refractivity contribution in [2.45, 2.75) is 13.5 Å². The Morgan fingerprint density at radius 2 is 2.20 bits per heavy atom. The third-order valence-electron chi connectivity index (χ3n) is 2.00. The molecule has 1 aromatic carbocycles. The largest absolute Gasteiger partial charge is 0.390 e. The smallest absolute Gasteiger partial charge is 0.124 e. The van der Waals surface area contributed by atoms with Gasteiger partial charge in [-0.3, -0.25) is 0 Å². The van der Waals surface area contributed by atoms with E-state index >= 15 is 0 Å². The lowest BCUT2D eigenvalue weighted by molar-refractivity contribution is 0.278. The highest BCUT2D eigenvalue weighted by atomic mass is 32.1. The fourth-order valence-corrected chi connectivity index (χ4v) is 2.17. The van der Waals surface area contributed by atoms with Gasteiger partial charge in [0, 0.05) is 10.9 Å². The van der Waals surface area contributed by atoms with Crippen molar-refractivity contribution in [3.8, 4) is 10.6 Å². The van der Waals surface area contributed by atoms with E-state index in [1.807, 2.05) is 13.0 Å². The van der Waals surface area contributed by atoms with E-state index in [1.54, 1.807) is 5.38 Å². The predicted molar refractivity (Wildman–Crippen MR) is 58.2 cm³/mol. The molecule has 4 heteroatoms. The summed E-state index contributed by atoms with van der Waals surface area (Å²) < 4.78 is 13.1. The topological polar surface area (TPSA) is 33.1 Å². The zero-order valence-electron chi connectivity index (χ0n) is 8.20. The molecule has 78 valence electrons. The van der Waals surface area contributed by atoms with Gasteiger partial charge in [-0.2, -0.15) is 0 Å². The summed E-state index contributed by atoms with van der Waals surface area (Å²) in [5.41, 5.74) is 2.25. The average molecular weight is 223 g/mol. The summed E-state index contributed by atoms with van der Waals surface area (Å²) in [4.78, 5) is 4.18. The highest BCUT2D eigenvalue weighted by Gasteiger charge is 2.05. The third kappa shape index (κ3) is 2.22. The molecule has 2 aromatic rings. The molecule has 0 atom stereocenters. The minimum atomic E-state index is -0.259. The number of aryl methyl sites for hydroxylation is 1. The van der Waals surface area contributed by atoms with E-state index in [0.29, 0.717) is 5.69 Å². The number of aromatic nitrogens is 1. The van der Waals surface area contributed by atoms with Gasteiger partial charge in [-0.05, 0) is 30.7 Å². The van der Waals surface area contributed by atoms with Crippen LogP contribution in [0.15, 0.2) is 23.6 Å². The van der Waals surface area contributed by atoms with Crippen LogP contribution in [0, 0.1) is 12.7 Å². The molecule has 0 spiro atoms. The molecule has 0 unspecified atom stereocenters. The normalized spacial score (nSPS) is 10.6. The SMILES string of the molecule is Cc1cc(F)cc(-c2nc(CO)cs2)c1. The monoisotopic (exact) mass is 223 g/mol. The van der Waals surface area contributed by atoms with Gasteiger partial charge in [-0.15, -0.1) is 11.3 Å². The number of aliphatic hydroxyl groups is 1. The standard InChI is InChI=1S/C11H10FNOS/c1-7-2-8(4-9(12)3-7)11-13-10(5-14)6-15-11/h2-4,6,14H,5H2,1H3. The van der Waals surface area contributed by atoms with Gasteiger partial charge in [0.2, 0.25) is 0 Å². The van der Waals surface area contributed by atoms with Crippen LogP contribution < -0.4 is 0 Å². The average Bonchev–Trinajstić information content (AvgIpc) is 2.64. The number of hydrogen-bond acceptors (Lipinski definition) is 3. The lowest BCUT2D eigenvalue weighted by Crippen LogP contribution is -1.85. The second-order valence-corrected chi connectivity index (χ2v) is 4.18. The van der Waals surface area contributed by atoms with Crippen molar-refractivity contribution in [2.24, 2.45) is 0 Å². The summed E-state index contributed by atoms with van der Waals surface area (Å²) in [7, 11) is 0. The van der Waals surface area contributed by atoms with E-state index < -0.39 is 0 Å². The Kier molecular flexibility index (Phi) is 2.79. The van der Waals surface area contributed by atoms with Gasteiger partial charge < -0.3 is 5.11 Å². The Hall–Kier alpha value is -1.26. The van der Waals surface area contributed by atoms with Crippen LogP contribution in [0.25, 0.3) is 10.6 Å². The van der Waals surface area contributed by atoms with E-state index in [4.69, 9.17) is 5.11 Å². The number of nitrogens with zero attached hydrogens (tertiary/aromatic N) is 1. The Balaban J connectivity index is 2.44. The molecule has 0 radical (unpaired) electrons. The molecule has 1 heterocycles. The highest BCUT2D eigenvalue weighted by Crippen LogP contribution is 2.25. The van der Waals surface area contributed by atoms with Gasteiger partial charge in [0.15, 0.2) is 0 Å². The summed E-state index contributed by atoms with van der Waals surface area (Å²) >= 11 is 1.41. The third-order valence-corrected chi connectivity index (χ3v) is 2.94. The quantitative estimate of drug-likeness (QED) is 0.849. The zero-order chi connectivity index (χ0) is 10.8. The maximum absolute atomic E-state index is 13.1. The maximum Gasteiger partial charge on any atom is 0.124 e. The number of rotatable bonds is 2. The highest BCUT2D eigenvalue weighted by molar-refractivity contribution is 7.13. The molecule has 0 aliphatic heterocycles. The molecule has 2 nitrogen and oxygen atoms in total. The molecule has 0 saturated carbocycles. The van der Waals surface area contributed by atoms with Crippen LogP contribution in [0.1, 0.15) is 11.3 Å². The van der Waals surface area contributed by atoms with Crippen LogP contribution in [0.2, 0.25) is 0 Å². The molecule has 0 amide bonds. The Labute approximate surface area is 91.0 Å². The molecule has 2 rings (SSSR count). The first-order valence-corrected chi connectivity index (χ1v) is 5.40. The van der Waals surface area contributed by atoms with Crippen molar-refractivity contribution in [2.75, 3.05) is 0 Å². The fraction of sp³-hybridized carbons (Fsp3) is 0.182. The number of halogens is 1. The second-order valence-electron chi connectivity index (χ2n) is 3.32. The molecule has 0 fully saturated rings. The fourth-order valence-electron chi connectivity index (χ4n) is 1.37. The van der Waals surface area contributed by atoms with Gasteiger partial charge in [-0.25, -0.2) is 9.37 Å². The summed E-state index contributed by atoms with van der Waals surface area (Å²) in [5.74, 6) is -0.259. The van der Waals surface area contributed by atoms with Gasteiger partial charge in [0.05, 0.1) is 12.3 Å². The molecule has 1 N–H and O–H groups in total. The van der Waals surface area contributed by atoms with E-state index in [-0.39, 0.29) is 12.4 Å². The number of benzene rings is 1. The summed E-state index contributed by atoms with van der Waals surface area (Å²) in [6.07, 6.45) is 0. The van der Waals surface area contributed by atoms with Gasteiger partial charge >= 0.3 is 0 Å². The molecule has 0 aliphatic rings. The first-order chi connectivity index (χ1) is 7.19. The Bertz CT molecular complexity index is 461. The molecule has 1 aromatic heterocycles. The van der Waals surface area contributed by atoms with Crippen molar-refractivity contribution in [1.29, 1.82) is 0 Å². The van der Waals surface area contributed by atoms with Crippen molar-refractivity contribution in [3.05, 3.63) is 40.7 Å².